The van der Waals surface area contributed by atoms with Gasteiger partial charge in [0.25, 0.3) is 0 Å². The molecule has 1 aliphatic heterocycles. The van der Waals surface area contributed by atoms with Crippen LogP contribution >= 0.6 is 11.3 Å². The molecule has 0 saturated heterocycles. The normalized spacial score (nSPS) is 13.4. The summed E-state index contributed by atoms with van der Waals surface area (Å²) >= 11 is 1.72. The van der Waals surface area contributed by atoms with Crippen LogP contribution in [0.1, 0.15) is 22.8 Å². The van der Waals surface area contributed by atoms with Crippen molar-refractivity contribution in [2.75, 3.05) is 6.54 Å². The van der Waals surface area contributed by atoms with Gasteiger partial charge >= 0.3 is 0 Å². The molecule has 6 heteroatoms. The highest BCUT2D eigenvalue weighted by molar-refractivity contribution is 7.91. The predicted octanol–water partition coefficient (Wildman–Crippen LogP) is 2.82. The Bertz CT molecular complexity index is 1240. The third-order valence-electron chi connectivity index (χ3n) is 4.76. The van der Waals surface area contributed by atoms with Gasteiger partial charge in [-0.2, -0.15) is 0 Å². The lowest BCUT2D eigenvalue weighted by Crippen LogP contribution is -2.31. The molecule has 0 saturated carbocycles. The number of sulfone groups is 1. The van der Waals surface area contributed by atoms with E-state index >= 15 is 0 Å². The summed E-state index contributed by atoms with van der Waals surface area (Å²) < 4.78 is 26.9. The van der Waals surface area contributed by atoms with Gasteiger partial charge in [0.2, 0.25) is 9.84 Å². The molecule has 2 aromatic carbocycles. The zero-order chi connectivity index (χ0) is 19.7. The highest BCUT2D eigenvalue weighted by atomic mass is 32.2. The van der Waals surface area contributed by atoms with Crippen molar-refractivity contribution in [3.63, 3.8) is 0 Å². The second-order valence-electron chi connectivity index (χ2n) is 6.73. The lowest BCUT2D eigenvalue weighted by atomic mass is 10.2. The molecule has 3 aromatic rings. The summed E-state index contributed by atoms with van der Waals surface area (Å²) in [6, 6.07) is 15.2. The van der Waals surface area contributed by atoms with Crippen LogP contribution in [0.3, 0.4) is 0 Å². The van der Waals surface area contributed by atoms with Crippen molar-refractivity contribution in [3.8, 4) is 0 Å². The second-order valence-corrected chi connectivity index (χ2v) is 9.63. The van der Waals surface area contributed by atoms with Gasteiger partial charge in [-0.1, -0.05) is 30.3 Å². The Morgan fingerprint density at radius 2 is 1.64 bits per heavy atom. The Hall–Kier alpha value is -2.70. The summed E-state index contributed by atoms with van der Waals surface area (Å²) in [7, 11) is -3.60. The number of thiophene rings is 1. The molecule has 4 rings (SSSR count). The van der Waals surface area contributed by atoms with Gasteiger partial charge in [-0.25, -0.2) is 8.42 Å². The standard InChI is InChI=1S/C22H19NO3S2/c1-16(24)18-4-8-21(9-5-18)28(25,26)20-6-2-17(3-7-20)14-23-12-10-19-11-13-27-22(19)15-23/h2-11,13,15H,12,14H2,1H3. The van der Waals surface area contributed by atoms with Crippen LogP contribution in [-0.2, 0) is 16.4 Å². The lowest BCUT2D eigenvalue weighted by molar-refractivity contribution is 0.101. The summed E-state index contributed by atoms with van der Waals surface area (Å²) in [5.41, 5.74) is 1.55. The fraction of sp³-hybridized carbons (Fsp3) is 0.136. The molecule has 4 nitrogen and oxygen atoms in total. The zero-order valence-electron chi connectivity index (χ0n) is 15.3. The third kappa shape index (κ3) is 3.66. The molecule has 0 aliphatic carbocycles. The first-order valence-corrected chi connectivity index (χ1v) is 11.2. The first-order chi connectivity index (χ1) is 13.4. The summed E-state index contributed by atoms with van der Waals surface area (Å²) in [6.07, 6.45) is 4.36. The Morgan fingerprint density at radius 3 is 2.29 bits per heavy atom. The summed E-state index contributed by atoms with van der Waals surface area (Å²) in [4.78, 5) is 14.0. The molecular formula is C22H19NO3S2. The fourth-order valence-corrected chi connectivity index (χ4v) is 5.28. The Kier molecular flexibility index (Phi) is 4.91. The van der Waals surface area contributed by atoms with Gasteiger partial charge in [0.05, 0.1) is 9.79 Å². The topological polar surface area (TPSA) is 54.5 Å². The van der Waals surface area contributed by atoms with Crippen molar-refractivity contribution < 1.29 is 13.2 Å². The molecule has 0 radical (unpaired) electrons. The van der Waals surface area contributed by atoms with Crippen molar-refractivity contribution in [1.82, 2.24) is 4.90 Å². The quantitative estimate of drug-likeness (QED) is 0.608. The van der Waals surface area contributed by atoms with Crippen LogP contribution in [-0.4, -0.2) is 25.6 Å². The van der Waals surface area contributed by atoms with E-state index < -0.39 is 9.84 Å². The molecule has 28 heavy (non-hydrogen) atoms. The van der Waals surface area contributed by atoms with E-state index in [4.69, 9.17) is 0 Å². The van der Waals surface area contributed by atoms with Gasteiger partial charge in [-0.3, -0.25) is 4.79 Å². The number of fused-ring (bicyclic) bond motifs is 1. The van der Waals surface area contributed by atoms with Crippen molar-refractivity contribution in [3.05, 3.63) is 80.9 Å². The number of ketones is 1. The average molecular weight is 410 g/mol. The van der Waals surface area contributed by atoms with Crippen molar-refractivity contribution in [2.45, 2.75) is 23.3 Å². The molecule has 0 bridgehead atoms. The number of benzene rings is 2. The van der Waals surface area contributed by atoms with Crippen LogP contribution in [0.4, 0.5) is 0 Å². The molecule has 0 amide bonds. The second kappa shape index (κ2) is 7.37. The SMILES string of the molecule is CC(=O)c1ccc(S(=O)(=O)c2ccc(CN3C=c4sccc4=CC3)cc2)cc1. The highest BCUT2D eigenvalue weighted by Crippen LogP contribution is 2.22. The van der Waals surface area contributed by atoms with E-state index in [1.807, 2.05) is 12.1 Å². The molecule has 0 unspecified atom stereocenters. The largest absolute Gasteiger partial charge is 0.368 e. The van der Waals surface area contributed by atoms with Crippen LogP contribution in [0.15, 0.2) is 69.8 Å². The fourth-order valence-electron chi connectivity index (χ4n) is 3.16. The molecule has 142 valence electrons. The maximum absolute atomic E-state index is 12.8. The average Bonchev–Trinajstić information content (AvgIpc) is 3.16. The van der Waals surface area contributed by atoms with Crippen LogP contribution in [0.2, 0.25) is 0 Å². The number of hydrogen-bond donors (Lipinski definition) is 0. The highest BCUT2D eigenvalue weighted by Gasteiger charge is 2.18. The van der Waals surface area contributed by atoms with Crippen molar-refractivity contribution in [2.24, 2.45) is 0 Å². The molecule has 0 N–H and O–H groups in total. The molecule has 0 atom stereocenters. The number of Topliss-reactive ketones (excluding diaryl/α,β-unsaturated/α-hetero) is 1. The molecule has 0 fully saturated rings. The predicted molar refractivity (Wildman–Crippen MR) is 111 cm³/mol. The maximum Gasteiger partial charge on any atom is 0.206 e. The molecule has 1 aliphatic rings. The molecular weight excluding hydrogens is 390 g/mol. The number of nitrogens with zero attached hydrogens (tertiary/aromatic N) is 1. The molecule has 2 heterocycles. The van der Waals surface area contributed by atoms with Gasteiger partial charge in [-0.15, -0.1) is 11.3 Å². The van der Waals surface area contributed by atoms with Gasteiger partial charge in [-0.05, 0) is 53.4 Å². The van der Waals surface area contributed by atoms with Gasteiger partial charge in [0.1, 0.15) is 0 Å². The van der Waals surface area contributed by atoms with E-state index in [-0.39, 0.29) is 15.6 Å². The number of rotatable bonds is 5. The van der Waals surface area contributed by atoms with Crippen molar-refractivity contribution in [1.29, 1.82) is 0 Å². The maximum atomic E-state index is 12.8. The van der Waals surface area contributed by atoms with Gasteiger partial charge < -0.3 is 4.90 Å². The Balaban J connectivity index is 1.53. The third-order valence-corrected chi connectivity index (χ3v) is 7.42. The molecule has 1 aromatic heterocycles. The van der Waals surface area contributed by atoms with Crippen LogP contribution in [0, 0.1) is 0 Å². The van der Waals surface area contributed by atoms with Crippen LogP contribution < -0.4 is 9.75 Å². The minimum absolute atomic E-state index is 0.0882. The number of hydrogen-bond acceptors (Lipinski definition) is 5. The lowest BCUT2D eigenvalue weighted by Gasteiger charge is -2.20. The minimum atomic E-state index is -3.60. The van der Waals surface area contributed by atoms with Crippen molar-refractivity contribution >= 4 is 39.2 Å². The summed E-state index contributed by atoms with van der Waals surface area (Å²) in [5.74, 6) is -0.0882. The van der Waals surface area contributed by atoms with E-state index in [1.165, 1.54) is 28.8 Å². The number of carbonyl (C=O) groups is 1. The smallest absolute Gasteiger partial charge is 0.206 e. The van der Waals surface area contributed by atoms with Crippen LogP contribution in [0.5, 0.6) is 0 Å². The first-order valence-electron chi connectivity index (χ1n) is 8.88. The molecule has 0 spiro atoms. The van der Waals surface area contributed by atoms with Gasteiger partial charge in [0.15, 0.2) is 5.78 Å². The number of carbonyl (C=O) groups excluding carboxylic acids is 1. The minimum Gasteiger partial charge on any atom is -0.368 e. The Morgan fingerprint density at radius 1 is 1.00 bits per heavy atom. The van der Waals surface area contributed by atoms with E-state index in [1.54, 1.807) is 35.6 Å². The zero-order valence-corrected chi connectivity index (χ0v) is 17.0. The summed E-state index contributed by atoms with van der Waals surface area (Å²) in [5, 5.41) is 3.36. The van der Waals surface area contributed by atoms with E-state index in [0.717, 1.165) is 18.7 Å². The first kappa shape index (κ1) is 18.7. The monoisotopic (exact) mass is 409 g/mol. The van der Waals surface area contributed by atoms with Crippen LogP contribution in [0.25, 0.3) is 12.3 Å². The Labute approximate surface area is 168 Å². The van der Waals surface area contributed by atoms with E-state index in [2.05, 4.69) is 28.6 Å². The van der Waals surface area contributed by atoms with E-state index in [0.29, 0.717) is 5.56 Å². The van der Waals surface area contributed by atoms with E-state index in [9.17, 15) is 13.2 Å². The summed E-state index contributed by atoms with van der Waals surface area (Å²) in [6.45, 7) is 3.02. The van der Waals surface area contributed by atoms with Gasteiger partial charge in [0, 0.05) is 29.4 Å².